The predicted octanol–water partition coefficient (Wildman–Crippen LogP) is 4.56. The van der Waals surface area contributed by atoms with Gasteiger partial charge in [0.25, 0.3) is 0 Å². The fraction of sp³-hybridized carbons (Fsp3) is 0.588. The molecule has 0 bridgehead atoms. The molecule has 0 heterocycles. The van der Waals surface area contributed by atoms with Gasteiger partial charge >= 0.3 is 13.6 Å². The van der Waals surface area contributed by atoms with Crippen LogP contribution < -0.4 is 4.74 Å². The van der Waals surface area contributed by atoms with E-state index in [0.29, 0.717) is 25.6 Å². The number of hydrogen-bond acceptors (Lipinski definition) is 7. The Balaban J connectivity index is 2.83. The largest absolute Gasteiger partial charge is 0.482 e. The summed E-state index contributed by atoms with van der Waals surface area (Å²) in [6.45, 7) is 10.0. The van der Waals surface area contributed by atoms with E-state index in [9.17, 15) is 9.36 Å². The molecule has 0 saturated carbocycles. The van der Waals surface area contributed by atoms with Crippen LogP contribution in [0.2, 0.25) is 0 Å². The van der Waals surface area contributed by atoms with Crippen molar-refractivity contribution < 1.29 is 27.9 Å². The number of rotatable bonds is 11. The third-order valence-electron chi connectivity index (χ3n) is 3.28. The van der Waals surface area contributed by atoms with Gasteiger partial charge in [-0.05, 0) is 57.9 Å². The van der Waals surface area contributed by atoms with Crippen molar-refractivity contribution in [2.75, 3.05) is 31.9 Å². The Bertz CT molecular complexity index is 609. The molecule has 0 aliphatic heterocycles. The van der Waals surface area contributed by atoms with Crippen LogP contribution in [0.3, 0.4) is 0 Å². The van der Waals surface area contributed by atoms with Crippen molar-refractivity contribution in [3.63, 3.8) is 0 Å². The van der Waals surface area contributed by atoms with Gasteiger partial charge in [0, 0.05) is 4.90 Å². The molecule has 1 rings (SSSR count). The van der Waals surface area contributed by atoms with Gasteiger partial charge in [0.05, 0.1) is 19.8 Å². The van der Waals surface area contributed by atoms with Crippen molar-refractivity contribution in [2.45, 2.75) is 39.5 Å². The Kier molecular flexibility index (Phi) is 9.57. The Morgan fingerprint density at radius 2 is 1.72 bits per heavy atom. The second-order valence-corrected chi connectivity index (χ2v) is 8.71. The first-order valence-electron chi connectivity index (χ1n) is 8.25. The maximum atomic E-state index is 12.6. The molecule has 142 valence electrons. The molecule has 1 aromatic carbocycles. The Hall–Kier alpha value is -1.01. The number of carbonyl (C=O) groups excluding carboxylic acids is 1. The molecule has 6 nitrogen and oxygen atoms in total. The lowest BCUT2D eigenvalue weighted by molar-refractivity contribution is -0.145. The second-order valence-electron chi connectivity index (χ2n) is 5.18. The van der Waals surface area contributed by atoms with Crippen LogP contribution in [0.25, 0.3) is 0 Å². The van der Waals surface area contributed by atoms with E-state index in [4.69, 9.17) is 18.5 Å². The first-order valence-corrected chi connectivity index (χ1v) is 11.0. The molecule has 0 unspecified atom stereocenters. The number of benzene rings is 1. The predicted molar refractivity (Wildman–Crippen MR) is 99.6 cm³/mol. The summed E-state index contributed by atoms with van der Waals surface area (Å²) in [7, 11) is -3.12. The average Bonchev–Trinajstić information content (AvgIpc) is 2.55. The molecule has 1 aromatic rings. The topological polar surface area (TPSA) is 71.1 Å². The van der Waals surface area contributed by atoms with Gasteiger partial charge in [-0.1, -0.05) is 0 Å². The normalized spacial score (nSPS) is 11.4. The standard InChI is InChI=1S/C17H27O6PS/c1-6-20-17(18)11-21-16-10-15(9-13(4)14(16)5)25-12-24(19,22-7-2)23-8-3/h9-10H,6-8,11-12H2,1-5H3. The molecule has 0 atom stereocenters. The fourth-order valence-corrected chi connectivity index (χ4v) is 5.16. The highest BCUT2D eigenvalue weighted by atomic mass is 32.2. The van der Waals surface area contributed by atoms with E-state index < -0.39 is 13.6 Å². The monoisotopic (exact) mass is 390 g/mol. The number of hydrogen-bond donors (Lipinski definition) is 0. The van der Waals surface area contributed by atoms with E-state index in [0.717, 1.165) is 16.0 Å². The van der Waals surface area contributed by atoms with E-state index >= 15 is 0 Å². The van der Waals surface area contributed by atoms with Crippen molar-refractivity contribution in [3.8, 4) is 5.75 Å². The molecule has 0 aromatic heterocycles. The molecule has 25 heavy (non-hydrogen) atoms. The van der Waals surface area contributed by atoms with Crippen LogP contribution in [-0.4, -0.2) is 37.9 Å². The number of carbonyl (C=O) groups is 1. The summed E-state index contributed by atoms with van der Waals surface area (Å²) < 4.78 is 33.6. The third-order valence-corrected chi connectivity index (χ3v) is 6.94. The van der Waals surface area contributed by atoms with Gasteiger partial charge in [0.1, 0.15) is 11.2 Å². The minimum absolute atomic E-state index is 0.140. The molecular weight excluding hydrogens is 363 g/mol. The van der Waals surface area contributed by atoms with Crippen molar-refractivity contribution in [3.05, 3.63) is 23.3 Å². The highest BCUT2D eigenvalue weighted by Crippen LogP contribution is 2.52. The zero-order chi connectivity index (χ0) is 18.9. The summed E-state index contributed by atoms with van der Waals surface area (Å²) in [5.74, 6) is 0.202. The highest BCUT2D eigenvalue weighted by Gasteiger charge is 2.24. The maximum absolute atomic E-state index is 12.6. The lowest BCUT2D eigenvalue weighted by atomic mass is 10.1. The molecule has 0 saturated heterocycles. The van der Waals surface area contributed by atoms with Gasteiger partial charge in [-0.15, -0.1) is 11.8 Å². The van der Waals surface area contributed by atoms with Crippen molar-refractivity contribution in [1.82, 2.24) is 0 Å². The van der Waals surface area contributed by atoms with Crippen LogP contribution in [0.4, 0.5) is 0 Å². The molecule has 0 aliphatic rings. The van der Waals surface area contributed by atoms with E-state index in [1.54, 1.807) is 20.8 Å². The summed E-state index contributed by atoms with van der Waals surface area (Å²) in [5.41, 5.74) is 2.19. The van der Waals surface area contributed by atoms with E-state index in [1.807, 2.05) is 26.0 Å². The summed E-state index contributed by atoms with van der Waals surface area (Å²) >= 11 is 1.38. The van der Waals surface area contributed by atoms with Crippen LogP contribution in [0.15, 0.2) is 17.0 Å². The Morgan fingerprint density at radius 1 is 1.08 bits per heavy atom. The summed E-state index contributed by atoms with van der Waals surface area (Å²) in [4.78, 5) is 12.4. The Labute approximate surface area is 154 Å². The maximum Gasteiger partial charge on any atom is 0.344 e. The first-order chi connectivity index (χ1) is 11.8. The van der Waals surface area contributed by atoms with Crippen LogP contribution in [0.5, 0.6) is 5.75 Å². The quantitative estimate of drug-likeness (QED) is 0.312. The van der Waals surface area contributed by atoms with Gasteiger partial charge in [-0.3, -0.25) is 4.57 Å². The molecule has 0 amide bonds. The Morgan fingerprint density at radius 3 is 2.28 bits per heavy atom. The number of thioether (sulfide) groups is 1. The van der Waals surface area contributed by atoms with Crippen LogP contribution >= 0.6 is 19.4 Å². The van der Waals surface area contributed by atoms with E-state index in [2.05, 4.69) is 0 Å². The zero-order valence-corrected chi connectivity index (χ0v) is 17.2. The molecule has 8 heteroatoms. The van der Waals surface area contributed by atoms with Crippen molar-refractivity contribution in [2.24, 2.45) is 0 Å². The summed E-state index contributed by atoms with van der Waals surface area (Å²) in [5, 5.41) is 0. The SMILES string of the molecule is CCOC(=O)COc1cc(SCP(=O)(OCC)OCC)cc(C)c1C. The van der Waals surface area contributed by atoms with Gasteiger partial charge in [-0.2, -0.15) is 0 Å². The van der Waals surface area contributed by atoms with Crippen LogP contribution in [-0.2, 0) is 23.1 Å². The van der Waals surface area contributed by atoms with E-state index in [1.165, 1.54) is 11.8 Å². The highest BCUT2D eigenvalue weighted by molar-refractivity contribution is 8.04. The fourth-order valence-electron chi connectivity index (χ4n) is 2.03. The van der Waals surface area contributed by atoms with Crippen LogP contribution in [0.1, 0.15) is 31.9 Å². The third kappa shape index (κ3) is 7.40. The van der Waals surface area contributed by atoms with Crippen LogP contribution in [0, 0.1) is 13.8 Å². The number of ether oxygens (including phenoxy) is 2. The van der Waals surface area contributed by atoms with Crippen molar-refractivity contribution in [1.29, 1.82) is 0 Å². The van der Waals surface area contributed by atoms with Gasteiger partial charge in [0.15, 0.2) is 6.61 Å². The zero-order valence-electron chi connectivity index (χ0n) is 15.5. The molecular formula is C17H27O6PS. The lowest BCUT2D eigenvalue weighted by Gasteiger charge is -2.17. The van der Waals surface area contributed by atoms with Gasteiger partial charge < -0.3 is 18.5 Å². The van der Waals surface area contributed by atoms with Crippen molar-refractivity contribution >= 4 is 25.3 Å². The molecule has 0 spiro atoms. The van der Waals surface area contributed by atoms with Gasteiger partial charge in [0.2, 0.25) is 0 Å². The number of aryl methyl sites for hydroxylation is 1. The molecule has 0 radical (unpaired) electrons. The molecule has 0 N–H and O–H groups in total. The summed E-state index contributed by atoms with van der Waals surface area (Å²) in [6, 6.07) is 3.81. The second kappa shape index (κ2) is 10.9. The van der Waals surface area contributed by atoms with Gasteiger partial charge in [-0.25, -0.2) is 4.79 Å². The first kappa shape index (κ1) is 22.0. The molecule has 0 aliphatic carbocycles. The van der Waals surface area contributed by atoms with E-state index in [-0.39, 0.29) is 12.1 Å². The lowest BCUT2D eigenvalue weighted by Crippen LogP contribution is -2.15. The number of esters is 1. The minimum atomic E-state index is -3.12. The summed E-state index contributed by atoms with van der Waals surface area (Å²) in [6.07, 6.45) is 0. The average molecular weight is 390 g/mol. The minimum Gasteiger partial charge on any atom is -0.482 e. The molecule has 0 fully saturated rings. The smallest absolute Gasteiger partial charge is 0.344 e.